The summed E-state index contributed by atoms with van der Waals surface area (Å²) in [6, 6.07) is 13.0. The molecule has 2 aromatic carbocycles. The lowest BCUT2D eigenvalue weighted by Crippen LogP contribution is -2.64. The molecule has 5 nitrogen and oxygen atoms in total. The molecule has 6 heteroatoms. The number of fused-ring (bicyclic) bond motifs is 10. The predicted octanol–water partition coefficient (Wildman–Crippen LogP) is 6.42. The first-order chi connectivity index (χ1) is 16.6. The highest BCUT2D eigenvalue weighted by Gasteiger charge is 2.69. The van der Waals surface area contributed by atoms with Gasteiger partial charge in [-0.3, -0.25) is 9.98 Å². The minimum absolute atomic E-state index is 0.120. The summed E-state index contributed by atoms with van der Waals surface area (Å²) in [5.74, 6) is 2.13. The van der Waals surface area contributed by atoms with Gasteiger partial charge in [0.05, 0.1) is 22.8 Å². The van der Waals surface area contributed by atoms with E-state index in [1.165, 1.54) is 47.0 Å². The van der Waals surface area contributed by atoms with Crippen LogP contribution in [-0.4, -0.2) is 24.0 Å². The molecule has 2 N–H and O–H groups in total. The Morgan fingerprint density at radius 2 is 2.15 bits per heavy atom. The zero-order valence-electron chi connectivity index (χ0n) is 19.1. The van der Waals surface area contributed by atoms with Crippen molar-refractivity contribution in [2.24, 2.45) is 16.8 Å². The molecule has 2 bridgehead atoms. The second-order valence-electron chi connectivity index (χ2n) is 10.6. The van der Waals surface area contributed by atoms with Gasteiger partial charge in [0.2, 0.25) is 5.72 Å². The molecule has 4 unspecified atom stereocenters. The molecule has 0 amide bonds. The van der Waals surface area contributed by atoms with Gasteiger partial charge in [-0.05, 0) is 83.8 Å². The molecule has 8 rings (SSSR count). The van der Waals surface area contributed by atoms with Crippen LogP contribution < -0.4 is 15.4 Å². The molecular weight excluding hydrogens is 440 g/mol. The molecule has 4 aliphatic rings. The number of likely N-dealkylation sites (N-methyl/N-ethyl adjacent to an activating group) is 1. The molecule has 2 saturated carbocycles. The fourth-order valence-corrected chi connectivity index (χ4v) is 8.56. The number of anilines is 2. The van der Waals surface area contributed by atoms with E-state index in [-0.39, 0.29) is 5.41 Å². The number of aromatic nitrogens is 1. The Kier molecular flexibility index (Phi) is 3.56. The highest BCUT2D eigenvalue weighted by Crippen LogP contribution is 2.67. The number of aliphatic imine (C=N–C) groups is 1. The summed E-state index contributed by atoms with van der Waals surface area (Å²) in [6.45, 7) is 0. The van der Waals surface area contributed by atoms with E-state index in [2.05, 4.69) is 52.8 Å². The molecule has 4 atom stereocenters. The van der Waals surface area contributed by atoms with Gasteiger partial charge in [0.15, 0.2) is 5.75 Å². The van der Waals surface area contributed by atoms with Gasteiger partial charge in [-0.1, -0.05) is 12.8 Å². The van der Waals surface area contributed by atoms with E-state index in [4.69, 9.17) is 15.5 Å². The van der Waals surface area contributed by atoms with Crippen LogP contribution in [0.15, 0.2) is 53.0 Å². The topological polar surface area (TPSA) is 63.7 Å². The summed E-state index contributed by atoms with van der Waals surface area (Å²) in [5, 5.41) is 4.48. The lowest BCUT2D eigenvalue weighted by Gasteiger charge is -2.49. The van der Waals surface area contributed by atoms with Crippen molar-refractivity contribution < 1.29 is 4.74 Å². The molecule has 170 valence electrons. The van der Waals surface area contributed by atoms with Crippen LogP contribution >= 0.6 is 11.3 Å². The Bertz CT molecular complexity index is 1540. The molecule has 0 saturated heterocycles. The maximum atomic E-state index is 7.28. The van der Waals surface area contributed by atoms with E-state index in [9.17, 15) is 0 Å². The van der Waals surface area contributed by atoms with Gasteiger partial charge in [-0.2, -0.15) is 0 Å². The van der Waals surface area contributed by atoms with E-state index in [1.54, 1.807) is 6.20 Å². The molecule has 2 aromatic heterocycles. The molecule has 0 radical (unpaired) electrons. The van der Waals surface area contributed by atoms with E-state index in [1.807, 2.05) is 23.5 Å². The quantitative estimate of drug-likeness (QED) is 0.304. The number of rotatable bonds is 0. The Hall–Kier alpha value is -3.12. The molecular formula is C28H26N4OS. The van der Waals surface area contributed by atoms with Crippen molar-refractivity contribution in [2.45, 2.75) is 43.2 Å². The molecule has 2 spiro atoms. The van der Waals surface area contributed by atoms with Crippen molar-refractivity contribution >= 4 is 55.6 Å². The molecule has 4 aromatic rings. The average molecular weight is 467 g/mol. The third-order valence-corrected chi connectivity index (χ3v) is 10.0. The fraction of sp³-hybridized carbons (Fsp3) is 0.357. The number of hydrogen-bond acceptors (Lipinski definition) is 6. The Morgan fingerprint density at radius 1 is 1.21 bits per heavy atom. The number of nitrogens with zero attached hydrogens (tertiary/aromatic N) is 3. The van der Waals surface area contributed by atoms with Crippen LogP contribution in [0.1, 0.15) is 37.7 Å². The van der Waals surface area contributed by atoms with Crippen LogP contribution in [0.5, 0.6) is 5.75 Å². The van der Waals surface area contributed by atoms with Gasteiger partial charge in [0.25, 0.3) is 0 Å². The van der Waals surface area contributed by atoms with E-state index in [0.717, 1.165) is 34.7 Å². The van der Waals surface area contributed by atoms with Gasteiger partial charge < -0.3 is 15.4 Å². The smallest absolute Gasteiger partial charge is 0.229 e. The fourth-order valence-electron chi connectivity index (χ4n) is 7.76. The first-order valence-corrected chi connectivity index (χ1v) is 13.2. The Labute approximate surface area is 202 Å². The number of nitrogens with two attached hydrogens (primary N) is 1. The van der Waals surface area contributed by atoms with Crippen LogP contribution in [-0.2, 0) is 5.41 Å². The largest absolute Gasteiger partial charge is 0.459 e. The molecule has 2 fully saturated rings. The maximum Gasteiger partial charge on any atom is 0.229 e. The normalized spacial score (nSPS) is 30.9. The van der Waals surface area contributed by atoms with E-state index in [0.29, 0.717) is 11.6 Å². The van der Waals surface area contributed by atoms with Crippen LogP contribution in [0.2, 0.25) is 0 Å². The van der Waals surface area contributed by atoms with Crippen molar-refractivity contribution in [3.8, 4) is 5.75 Å². The van der Waals surface area contributed by atoms with Crippen LogP contribution in [0.25, 0.3) is 21.0 Å². The summed E-state index contributed by atoms with van der Waals surface area (Å²) in [4.78, 5) is 12.0. The lowest BCUT2D eigenvalue weighted by atomic mass is 9.65. The van der Waals surface area contributed by atoms with Gasteiger partial charge in [0, 0.05) is 29.0 Å². The highest BCUT2D eigenvalue weighted by atomic mass is 32.1. The molecule has 34 heavy (non-hydrogen) atoms. The van der Waals surface area contributed by atoms with Crippen molar-refractivity contribution in [3.63, 3.8) is 0 Å². The highest BCUT2D eigenvalue weighted by molar-refractivity contribution is 7.17. The van der Waals surface area contributed by atoms with E-state index < -0.39 is 5.72 Å². The zero-order valence-corrected chi connectivity index (χ0v) is 19.9. The number of ether oxygens (including phenoxy) is 1. The number of benzene rings is 2. The number of hydrogen-bond donors (Lipinski definition) is 1. The second-order valence-corrected chi connectivity index (χ2v) is 11.5. The lowest BCUT2D eigenvalue weighted by molar-refractivity contribution is 0.0397. The second kappa shape index (κ2) is 6.30. The third kappa shape index (κ3) is 2.12. The summed E-state index contributed by atoms with van der Waals surface area (Å²) in [6.07, 6.45) is 10.2. The minimum atomic E-state index is -0.658. The van der Waals surface area contributed by atoms with E-state index >= 15 is 0 Å². The Balaban J connectivity index is 1.42. The van der Waals surface area contributed by atoms with Crippen LogP contribution in [0.3, 0.4) is 0 Å². The van der Waals surface area contributed by atoms with Gasteiger partial charge in [0.1, 0.15) is 5.69 Å². The standard InChI is InChI=1S/C28H26N4OS/c1-32-23-13-24-17(7-9-34-24)11-20(23)27(14-16-4-2-5-18(27)10-16)28(32)15-31-22-12-21(29)25-19(26(22)33-28)6-3-8-30-25/h3,6-9,11-13,15-16,18H,2,4-5,10,14,29H2,1H3. The third-order valence-electron chi connectivity index (χ3n) is 9.13. The summed E-state index contributed by atoms with van der Waals surface area (Å²) >= 11 is 1.81. The zero-order chi connectivity index (χ0) is 22.7. The number of nitrogen functional groups attached to an aromatic ring is 1. The van der Waals surface area contributed by atoms with Crippen molar-refractivity contribution in [2.75, 3.05) is 17.7 Å². The van der Waals surface area contributed by atoms with Crippen LogP contribution in [0, 0.1) is 11.8 Å². The number of thiophene rings is 1. The Morgan fingerprint density at radius 3 is 3.06 bits per heavy atom. The summed E-state index contributed by atoms with van der Waals surface area (Å²) < 4.78 is 8.61. The van der Waals surface area contributed by atoms with Crippen molar-refractivity contribution in [1.29, 1.82) is 0 Å². The SMILES string of the molecule is CN1c2cc3sccc3cc2C2(CC3CCCC2C3)C12C=Nc1cc(N)c3ncccc3c1O2. The number of pyridine rings is 1. The first-order valence-electron chi connectivity index (χ1n) is 12.3. The molecule has 4 heterocycles. The predicted molar refractivity (Wildman–Crippen MR) is 140 cm³/mol. The van der Waals surface area contributed by atoms with Gasteiger partial charge in [-0.25, -0.2) is 0 Å². The van der Waals surface area contributed by atoms with Gasteiger partial charge in [-0.15, -0.1) is 11.3 Å². The van der Waals surface area contributed by atoms with Crippen molar-refractivity contribution in [3.05, 3.63) is 53.5 Å². The monoisotopic (exact) mass is 466 g/mol. The van der Waals surface area contributed by atoms with Crippen molar-refractivity contribution in [1.82, 2.24) is 4.98 Å². The molecule has 2 aliphatic carbocycles. The van der Waals surface area contributed by atoms with Gasteiger partial charge >= 0.3 is 0 Å². The van der Waals surface area contributed by atoms with Crippen LogP contribution in [0.4, 0.5) is 17.1 Å². The first kappa shape index (κ1) is 19.2. The summed E-state index contributed by atoms with van der Waals surface area (Å²) in [5.41, 5.74) is 10.5. The summed E-state index contributed by atoms with van der Waals surface area (Å²) in [7, 11) is 2.20. The minimum Gasteiger partial charge on any atom is -0.459 e. The maximum absolute atomic E-state index is 7.28. The molecule has 2 aliphatic heterocycles. The average Bonchev–Trinajstić information content (AvgIpc) is 3.48.